The molecule has 8 heteroatoms. The van der Waals surface area contributed by atoms with E-state index in [1.165, 1.54) is 25.3 Å². The molecule has 0 unspecified atom stereocenters. The van der Waals surface area contributed by atoms with E-state index in [-0.39, 0.29) is 23.7 Å². The van der Waals surface area contributed by atoms with E-state index in [4.69, 9.17) is 18.6 Å². The number of methoxy groups -OCH3 is 2. The molecule has 0 radical (unpaired) electrons. The molecule has 0 saturated carbocycles. The summed E-state index contributed by atoms with van der Waals surface area (Å²) < 4.78 is 35.1. The summed E-state index contributed by atoms with van der Waals surface area (Å²) in [6.07, 6.45) is 2.17. The third-order valence-corrected chi connectivity index (χ3v) is 6.33. The number of fused-ring (bicyclic) bond motifs is 1. The molecule has 1 aliphatic rings. The SMILES string of the molecule is COc1cc(NCC[19F])cc(OC)c1NC(=O)c1ccc(Oc2cc3c(cc2C)CCC3(C)C)o1. The number of hydrogen-bond acceptors (Lipinski definition) is 6. The maximum Gasteiger partial charge on any atom is 0.291 e. The van der Waals surface area contributed by atoms with Gasteiger partial charge in [-0.15, -0.1) is 0 Å². The second-order valence-corrected chi connectivity index (χ2v) is 9.21. The van der Waals surface area contributed by atoms with E-state index in [0.29, 0.717) is 28.6 Å². The minimum absolute atomic E-state index is 0.0721. The number of carbonyl (C=O) groups excluding carboxylic acids is 1. The number of ether oxygens (including phenoxy) is 3. The van der Waals surface area contributed by atoms with E-state index in [9.17, 15) is 9.18 Å². The summed E-state index contributed by atoms with van der Waals surface area (Å²) in [5.74, 6) is 1.23. The van der Waals surface area contributed by atoms with Crippen LogP contribution in [0.3, 0.4) is 0 Å². The van der Waals surface area contributed by atoms with Crippen molar-refractivity contribution in [2.24, 2.45) is 0 Å². The number of halogens is 1. The topological polar surface area (TPSA) is 82.0 Å². The fourth-order valence-electron chi connectivity index (χ4n) is 4.39. The number of anilines is 2. The van der Waals surface area contributed by atoms with Crippen LogP contribution in [0.4, 0.5) is 15.8 Å². The molecule has 3 aromatic rings. The highest BCUT2D eigenvalue weighted by Crippen LogP contribution is 2.42. The van der Waals surface area contributed by atoms with Crippen LogP contribution in [-0.2, 0) is 11.8 Å². The van der Waals surface area contributed by atoms with Crippen LogP contribution in [0, 0.1) is 6.92 Å². The van der Waals surface area contributed by atoms with E-state index in [2.05, 4.69) is 36.6 Å². The molecule has 0 atom stereocenters. The summed E-state index contributed by atoms with van der Waals surface area (Å²) in [4.78, 5) is 12.9. The first kappa shape index (κ1) is 24.4. The molecule has 1 heterocycles. The van der Waals surface area contributed by atoms with Gasteiger partial charge in [0.25, 0.3) is 11.9 Å². The summed E-state index contributed by atoms with van der Waals surface area (Å²) in [6.45, 7) is 6.10. The lowest BCUT2D eigenvalue weighted by Crippen LogP contribution is -2.13. The van der Waals surface area contributed by atoms with Gasteiger partial charge in [-0.25, -0.2) is 4.39 Å². The van der Waals surface area contributed by atoms with Crippen molar-refractivity contribution >= 4 is 17.3 Å². The monoisotopic (exact) mass is 482 g/mol. The van der Waals surface area contributed by atoms with Gasteiger partial charge in [0, 0.05) is 30.4 Å². The van der Waals surface area contributed by atoms with Crippen molar-refractivity contribution in [3.05, 3.63) is 58.8 Å². The van der Waals surface area contributed by atoms with E-state index in [0.717, 1.165) is 18.4 Å². The molecule has 0 saturated heterocycles. The average molecular weight is 483 g/mol. The van der Waals surface area contributed by atoms with Gasteiger partial charge >= 0.3 is 0 Å². The Morgan fingerprint density at radius 2 is 1.80 bits per heavy atom. The third kappa shape index (κ3) is 5.06. The minimum atomic E-state index is -0.519. The summed E-state index contributed by atoms with van der Waals surface area (Å²) in [5.41, 5.74) is 4.70. The van der Waals surface area contributed by atoms with Crippen molar-refractivity contribution in [3.8, 4) is 23.2 Å². The Bertz CT molecular complexity index is 1210. The Labute approximate surface area is 204 Å². The molecule has 1 aromatic heterocycles. The van der Waals surface area contributed by atoms with Crippen LogP contribution in [0.15, 0.2) is 40.8 Å². The fourth-order valence-corrected chi connectivity index (χ4v) is 4.39. The number of carbonyl (C=O) groups is 1. The lowest BCUT2D eigenvalue weighted by molar-refractivity contribution is 0.0991. The lowest BCUT2D eigenvalue weighted by Gasteiger charge is -2.20. The van der Waals surface area contributed by atoms with Gasteiger partial charge in [0.15, 0.2) is 5.76 Å². The molecule has 35 heavy (non-hydrogen) atoms. The van der Waals surface area contributed by atoms with E-state index >= 15 is 0 Å². The highest BCUT2D eigenvalue weighted by atomic mass is 19.1. The molecule has 4 rings (SSSR count). The zero-order valence-corrected chi connectivity index (χ0v) is 20.7. The summed E-state index contributed by atoms with van der Waals surface area (Å²) in [6, 6.07) is 10.7. The van der Waals surface area contributed by atoms with Crippen molar-refractivity contribution in [1.82, 2.24) is 0 Å². The second-order valence-electron chi connectivity index (χ2n) is 9.21. The largest absolute Gasteiger partial charge is 0.494 e. The van der Waals surface area contributed by atoms with Crippen molar-refractivity contribution in [3.63, 3.8) is 0 Å². The van der Waals surface area contributed by atoms with Gasteiger partial charge < -0.3 is 29.3 Å². The molecule has 1 amide bonds. The smallest absolute Gasteiger partial charge is 0.291 e. The fraction of sp³-hybridized carbons (Fsp3) is 0.370. The van der Waals surface area contributed by atoms with Crippen molar-refractivity contribution in [2.75, 3.05) is 38.1 Å². The summed E-state index contributed by atoms with van der Waals surface area (Å²) in [7, 11) is 2.95. The van der Waals surface area contributed by atoms with Crippen molar-refractivity contribution in [2.45, 2.75) is 39.0 Å². The quantitative estimate of drug-likeness (QED) is 0.375. The Balaban J connectivity index is 1.53. The highest BCUT2D eigenvalue weighted by Gasteiger charge is 2.31. The number of alkyl halides is 1. The van der Waals surface area contributed by atoms with Gasteiger partial charge in [-0.05, 0) is 54.0 Å². The Kier molecular flexibility index (Phi) is 6.91. The lowest BCUT2D eigenvalue weighted by atomic mass is 9.86. The molecule has 0 bridgehead atoms. The molecule has 2 aromatic carbocycles. The van der Waals surface area contributed by atoms with Crippen LogP contribution < -0.4 is 24.8 Å². The van der Waals surface area contributed by atoms with Crippen LogP contribution in [0.1, 0.15) is 47.5 Å². The summed E-state index contributed by atoms with van der Waals surface area (Å²) in [5, 5.41) is 5.70. The van der Waals surface area contributed by atoms with Gasteiger partial charge in [0.2, 0.25) is 0 Å². The Morgan fingerprint density at radius 3 is 2.46 bits per heavy atom. The Hall–Kier alpha value is -3.68. The molecule has 2 N–H and O–H groups in total. The molecule has 0 spiro atoms. The van der Waals surface area contributed by atoms with Crippen molar-refractivity contribution < 1.29 is 27.8 Å². The zero-order valence-electron chi connectivity index (χ0n) is 20.7. The number of nitrogens with one attached hydrogen (secondary N) is 2. The maximum atomic E-state index is 12.9. The first-order valence-electron chi connectivity index (χ1n) is 11.5. The minimum Gasteiger partial charge on any atom is -0.494 e. The van der Waals surface area contributed by atoms with Gasteiger partial charge in [-0.2, -0.15) is 0 Å². The van der Waals surface area contributed by atoms with Crippen LogP contribution in [0.5, 0.6) is 23.2 Å². The first-order chi connectivity index (χ1) is 16.7. The predicted octanol–water partition coefficient (Wildman–Crippen LogP) is 6.26. The van der Waals surface area contributed by atoms with E-state index in [1.54, 1.807) is 24.3 Å². The normalized spacial score (nSPS) is 13.8. The van der Waals surface area contributed by atoms with Crippen LogP contribution in [-0.4, -0.2) is 33.3 Å². The van der Waals surface area contributed by atoms with Gasteiger partial charge in [-0.3, -0.25) is 4.79 Å². The van der Waals surface area contributed by atoms with Gasteiger partial charge in [-0.1, -0.05) is 19.9 Å². The standard InChI is InChI=1S/C27H31FN2O5/c1-16-12-17-8-9-27(2,3)19(17)15-21(16)35-24-7-6-20(34-24)26(31)30-25-22(32-4)13-18(29-11-10-28)14-23(25)33-5/h6-7,12-15,29H,8-11H2,1-5H3,(H,30,31)/i28+0. The number of aryl methyl sites for hydroxylation is 2. The molecule has 7 nitrogen and oxygen atoms in total. The molecule has 0 aliphatic heterocycles. The number of rotatable bonds is 9. The highest BCUT2D eigenvalue weighted by molar-refractivity contribution is 6.04. The van der Waals surface area contributed by atoms with Crippen LogP contribution in [0.2, 0.25) is 0 Å². The zero-order chi connectivity index (χ0) is 25.2. The molecular formula is C27H31FN2O5. The molecule has 186 valence electrons. The number of hydrogen-bond donors (Lipinski definition) is 2. The van der Waals surface area contributed by atoms with Crippen molar-refractivity contribution in [1.29, 1.82) is 0 Å². The first-order valence-corrected chi connectivity index (χ1v) is 11.5. The van der Waals surface area contributed by atoms with E-state index in [1.807, 2.05) is 6.92 Å². The van der Waals surface area contributed by atoms with Gasteiger partial charge in [0.05, 0.1) is 14.2 Å². The van der Waals surface area contributed by atoms with Crippen LogP contribution >= 0.6 is 0 Å². The summed E-state index contributed by atoms with van der Waals surface area (Å²) >= 11 is 0. The maximum absolute atomic E-state index is 12.9. The van der Waals surface area contributed by atoms with Crippen LogP contribution in [0.25, 0.3) is 0 Å². The molecule has 0 fully saturated rings. The number of furan rings is 1. The predicted molar refractivity (Wildman–Crippen MR) is 133 cm³/mol. The second kappa shape index (κ2) is 9.90. The van der Waals surface area contributed by atoms with E-state index < -0.39 is 12.6 Å². The molecule has 1 aliphatic carbocycles. The van der Waals surface area contributed by atoms with Gasteiger partial charge in [0.1, 0.15) is 29.6 Å². The average Bonchev–Trinajstić information content (AvgIpc) is 3.42. The molecular weight excluding hydrogens is 451 g/mol. The third-order valence-electron chi connectivity index (χ3n) is 6.33. The number of benzene rings is 2. The number of amides is 1. The Morgan fingerprint density at radius 1 is 1.09 bits per heavy atom.